The zero-order chi connectivity index (χ0) is 38.6. The first-order valence-corrected chi connectivity index (χ1v) is 23.8. The van der Waals surface area contributed by atoms with Gasteiger partial charge in [0.2, 0.25) is 16.6 Å². The van der Waals surface area contributed by atoms with E-state index < -0.39 is 46.9 Å². The van der Waals surface area contributed by atoms with Gasteiger partial charge in [0.15, 0.2) is 17.3 Å². The fourth-order valence-corrected chi connectivity index (χ4v) is 6.02. The molecule has 3 aromatic rings. The molecule has 53 heavy (non-hydrogen) atoms. The summed E-state index contributed by atoms with van der Waals surface area (Å²) in [6, 6.07) is 14.7. The van der Waals surface area contributed by atoms with Crippen LogP contribution in [0.25, 0.3) is 0 Å². The van der Waals surface area contributed by atoms with Gasteiger partial charge in [0.1, 0.15) is 49.7 Å². The molecule has 2 N–H and O–H groups in total. The summed E-state index contributed by atoms with van der Waals surface area (Å²) in [5.74, 6) is 1.49. The number of para-hydroxylation sites is 1. The quantitative estimate of drug-likeness (QED) is 0.0554. The highest BCUT2D eigenvalue weighted by molar-refractivity contribution is 6.74. The van der Waals surface area contributed by atoms with Crippen molar-refractivity contribution in [2.45, 2.75) is 109 Å². The maximum Gasteiger partial charge on any atom is 0.407 e. The molecule has 5 rings (SSSR count). The minimum Gasteiger partial charge on any atom is -0.489 e. The highest BCUT2D eigenvalue weighted by atomic mass is 28.4. The summed E-state index contributed by atoms with van der Waals surface area (Å²) in [5, 5.41) is 5.72. The van der Waals surface area contributed by atoms with E-state index in [1.54, 1.807) is 24.4 Å². The van der Waals surface area contributed by atoms with E-state index in [4.69, 9.17) is 37.9 Å². The SMILES string of the molecule is CC(C)(C)[Si](C)(C)OOC[C@H]1O[C@@H](n2cc3c(nc2=O)Nc2c(OCCNC(=O)OCc4ccccc4)cccc2O3)C[C@@H]1OO[Si](C)(C)C(C)(C)C. The second-order valence-corrected chi connectivity index (χ2v) is 25.7. The minimum atomic E-state index is -2.28. The number of fused-ring (bicyclic) bond motifs is 2. The summed E-state index contributed by atoms with van der Waals surface area (Å²) in [5.41, 5.74) is 0.847. The van der Waals surface area contributed by atoms with Gasteiger partial charge in [0, 0.05) is 6.42 Å². The molecule has 2 aliphatic heterocycles. The van der Waals surface area contributed by atoms with Gasteiger partial charge < -0.3 is 29.6 Å². The Hall–Kier alpha value is -3.78. The lowest BCUT2D eigenvalue weighted by molar-refractivity contribution is -0.290. The molecule has 1 fully saturated rings. The van der Waals surface area contributed by atoms with E-state index in [0.29, 0.717) is 29.4 Å². The lowest BCUT2D eigenvalue weighted by Gasteiger charge is -2.36. The molecular formula is C37H54N4O10Si2. The van der Waals surface area contributed by atoms with E-state index in [-0.39, 0.29) is 42.3 Å². The normalized spacial score (nSPS) is 18.7. The summed E-state index contributed by atoms with van der Waals surface area (Å²) in [6.45, 7) is 21.8. The molecule has 1 aromatic heterocycles. The average molecular weight is 771 g/mol. The predicted molar refractivity (Wildman–Crippen MR) is 204 cm³/mol. The monoisotopic (exact) mass is 770 g/mol. The van der Waals surface area contributed by atoms with Gasteiger partial charge in [0.05, 0.1) is 12.7 Å². The predicted octanol–water partition coefficient (Wildman–Crippen LogP) is 7.96. The Labute approximate surface area is 313 Å². The van der Waals surface area contributed by atoms with Gasteiger partial charge in [-0.2, -0.15) is 4.98 Å². The van der Waals surface area contributed by atoms with Crippen molar-refractivity contribution < 1.29 is 42.7 Å². The van der Waals surface area contributed by atoms with Crippen LogP contribution in [0.1, 0.15) is 59.8 Å². The third-order valence-corrected chi connectivity index (χ3v) is 18.5. The molecule has 14 nitrogen and oxygen atoms in total. The summed E-state index contributed by atoms with van der Waals surface area (Å²) in [7, 11) is -4.48. The number of nitrogens with zero attached hydrogens (tertiary/aromatic N) is 2. The second-order valence-electron chi connectivity index (χ2n) is 16.3. The Morgan fingerprint density at radius 3 is 2.36 bits per heavy atom. The Kier molecular flexibility index (Phi) is 12.4. The molecule has 16 heteroatoms. The Balaban J connectivity index is 1.23. The average Bonchev–Trinajstić information content (AvgIpc) is 3.49. The Morgan fingerprint density at radius 1 is 0.962 bits per heavy atom. The van der Waals surface area contributed by atoms with Crippen LogP contribution in [0.2, 0.25) is 36.3 Å². The third kappa shape index (κ3) is 10.1. The smallest absolute Gasteiger partial charge is 0.407 e. The van der Waals surface area contributed by atoms with Crippen LogP contribution in [0.4, 0.5) is 16.3 Å². The highest BCUT2D eigenvalue weighted by Gasteiger charge is 2.45. The molecule has 0 saturated carbocycles. The number of carbonyl (C=O) groups excluding carboxylic acids is 1. The van der Waals surface area contributed by atoms with E-state index in [0.717, 1.165) is 5.56 Å². The first kappa shape index (κ1) is 40.4. The molecule has 1 amide bonds. The zero-order valence-electron chi connectivity index (χ0n) is 32.4. The molecule has 0 unspecified atom stereocenters. The number of anilines is 2. The van der Waals surface area contributed by atoms with E-state index >= 15 is 0 Å². The molecule has 0 spiro atoms. The lowest BCUT2D eigenvalue weighted by Crippen LogP contribution is -2.44. The summed E-state index contributed by atoms with van der Waals surface area (Å²) in [6.07, 6.45) is -0.531. The maximum atomic E-state index is 13.5. The number of amides is 1. The standard InChI is InChI=1S/C37H54N4O10Si2/c1-36(2,3)52(7,8)50-46-24-30-28(49-51-53(9,10)37(4,5)6)21-31(48-30)41-22-29-33(40-34(41)42)39-32-26(17-14-18-27(32)47-29)44-20-19-38-35(43)45-23-25-15-12-11-13-16-25/h11-18,22,28,30-31H,19-21,23-24H2,1-10H3,(H,38,43)(H,39,40,42)/t28-,30+,31+/m0/s1. The molecule has 3 atom stereocenters. The van der Waals surface area contributed by atoms with Crippen molar-refractivity contribution in [3.63, 3.8) is 0 Å². The summed E-state index contributed by atoms with van der Waals surface area (Å²) < 4.78 is 37.3. The van der Waals surface area contributed by atoms with Crippen molar-refractivity contribution in [2.24, 2.45) is 0 Å². The number of alkyl carbamates (subject to hydrolysis) is 1. The number of carbonyl (C=O) groups is 1. The van der Waals surface area contributed by atoms with Crippen molar-refractivity contribution in [1.82, 2.24) is 14.9 Å². The van der Waals surface area contributed by atoms with Gasteiger partial charge in [0.25, 0.3) is 0 Å². The van der Waals surface area contributed by atoms with Crippen molar-refractivity contribution >= 4 is 34.2 Å². The molecule has 3 heterocycles. The topological polar surface area (TPSA) is 150 Å². The molecule has 290 valence electrons. The van der Waals surface area contributed by atoms with E-state index in [1.165, 1.54) is 4.57 Å². The lowest BCUT2D eigenvalue weighted by atomic mass is 10.2. The number of nitrogens with one attached hydrogen (secondary N) is 2. The van der Waals surface area contributed by atoms with Crippen LogP contribution >= 0.6 is 0 Å². The molecule has 0 bridgehead atoms. The Morgan fingerprint density at radius 2 is 1.66 bits per heavy atom. The molecule has 2 aliphatic rings. The van der Waals surface area contributed by atoms with Crippen LogP contribution in [0.3, 0.4) is 0 Å². The molecule has 0 radical (unpaired) electrons. The number of aromatic nitrogens is 2. The van der Waals surface area contributed by atoms with Crippen molar-refractivity contribution in [3.05, 3.63) is 70.8 Å². The van der Waals surface area contributed by atoms with Gasteiger partial charge in [-0.15, -0.1) is 0 Å². The number of hydrogen-bond donors (Lipinski definition) is 2. The molecule has 2 aromatic carbocycles. The molecule has 1 saturated heterocycles. The van der Waals surface area contributed by atoms with Crippen LogP contribution in [-0.4, -0.2) is 64.2 Å². The molecule has 0 aliphatic carbocycles. The second kappa shape index (κ2) is 16.3. The van der Waals surface area contributed by atoms with Crippen LogP contribution in [0.5, 0.6) is 17.2 Å². The van der Waals surface area contributed by atoms with Crippen molar-refractivity contribution in [1.29, 1.82) is 0 Å². The van der Waals surface area contributed by atoms with Crippen molar-refractivity contribution in [3.8, 4) is 17.2 Å². The maximum absolute atomic E-state index is 13.5. The number of benzene rings is 2. The number of rotatable bonds is 14. The van der Waals surface area contributed by atoms with E-state index in [2.05, 4.69) is 83.3 Å². The van der Waals surface area contributed by atoms with E-state index in [9.17, 15) is 9.59 Å². The van der Waals surface area contributed by atoms with Gasteiger partial charge >= 0.3 is 11.8 Å². The van der Waals surface area contributed by atoms with Gasteiger partial charge in [-0.1, -0.05) is 77.9 Å². The summed E-state index contributed by atoms with van der Waals surface area (Å²) in [4.78, 5) is 41.8. The summed E-state index contributed by atoms with van der Waals surface area (Å²) >= 11 is 0. The van der Waals surface area contributed by atoms with Crippen molar-refractivity contribution in [2.75, 3.05) is 25.1 Å². The largest absolute Gasteiger partial charge is 0.489 e. The van der Waals surface area contributed by atoms with Crippen LogP contribution in [0.15, 0.2) is 59.5 Å². The van der Waals surface area contributed by atoms with Crippen LogP contribution in [-0.2, 0) is 35.0 Å². The van der Waals surface area contributed by atoms with Gasteiger partial charge in [-0.3, -0.25) is 13.7 Å². The van der Waals surface area contributed by atoms with E-state index in [1.807, 2.05) is 30.3 Å². The highest BCUT2D eigenvalue weighted by Crippen LogP contribution is 2.46. The number of hydrogen-bond acceptors (Lipinski definition) is 12. The first-order chi connectivity index (χ1) is 24.8. The van der Waals surface area contributed by atoms with Gasteiger partial charge in [-0.05, 0) is 54.0 Å². The minimum absolute atomic E-state index is 0.0507. The Bertz CT molecular complexity index is 1780. The van der Waals surface area contributed by atoms with Crippen LogP contribution in [0, 0.1) is 0 Å². The fraction of sp³-hybridized carbons (Fsp3) is 0.541. The number of ether oxygens (including phenoxy) is 4. The first-order valence-electron chi connectivity index (χ1n) is 17.9. The zero-order valence-corrected chi connectivity index (χ0v) is 34.4. The third-order valence-electron chi connectivity index (χ3n) is 10.2. The van der Waals surface area contributed by atoms with Crippen LogP contribution < -0.4 is 25.8 Å². The fourth-order valence-electron chi connectivity index (χ4n) is 4.79. The molecular weight excluding hydrogens is 717 g/mol. The van der Waals surface area contributed by atoms with Gasteiger partial charge in [-0.25, -0.2) is 19.4 Å².